The lowest BCUT2D eigenvalue weighted by Gasteiger charge is -2.31. The van der Waals surface area contributed by atoms with Gasteiger partial charge in [0.1, 0.15) is 5.60 Å². The first-order chi connectivity index (χ1) is 12.0. The summed E-state index contributed by atoms with van der Waals surface area (Å²) in [5, 5.41) is 1.44. The lowest BCUT2D eigenvalue weighted by molar-refractivity contribution is -0.110. The van der Waals surface area contributed by atoms with E-state index in [1.165, 1.54) is 6.08 Å². The van der Waals surface area contributed by atoms with Crippen LogP contribution >= 0.6 is 0 Å². The minimum absolute atomic E-state index is 0.135. The average Bonchev–Trinajstić information content (AvgIpc) is 2.54. The molecule has 3 rings (SSSR count). The monoisotopic (exact) mass is 366 g/mol. The first-order valence-electron chi connectivity index (χ1n) is 8.58. The molecule has 0 unspecified atom stereocenters. The van der Waals surface area contributed by atoms with E-state index in [1.54, 1.807) is 32.1 Å². The Morgan fingerprint density at radius 2 is 1.65 bits per heavy atom. The summed E-state index contributed by atoms with van der Waals surface area (Å²) in [4.78, 5) is 37.2. The molecule has 0 saturated heterocycles. The number of carbonyl (C=O) groups is 3. The smallest absolute Gasteiger partial charge is 0.234 e. The zero-order chi connectivity index (χ0) is 19.3. The molecule has 0 atom stereocenters. The minimum atomic E-state index is -1.91. The van der Waals surface area contributed by atoms with Gasteiger partial charge in [0.25, 0.3) is 0 Å². The topological polar surface area (TPSA) is 60.4 Å². The van der Waals surface area contributed by atoms with E-state index in [9.17, 15) is 14.4 Å². The third kappa shape index (κ3) is 3.32. The Labute approximate surface area is 154 Å². The molecule has 0 spiro atoms. The van der Waals surface area contributed by atoms with Crippen LogP contribution in [-0.2, 0) is 9.22 Å². The van der Waals surface area contributed by atoms with Gasteiger partial charge in [0, 0.05) is 11.1 Å². The van der Waals surface area contributed by atoms with Crippen LogP contribution in [0.25, 0.3) is 16.8 Å². The summed E-state index contributed by atoms with van der Waals surface area (Å²) in [6.45, 7) is 9.66. The predicted octanol–water partition coefficient (Wildman–Crippen LogP) is 4.43. The van der Waals surface area contributed by atoms with Gasteiger partial charge >= 0.3 is 0 Å². The normalized spacial score (nSPS) is 14.7. The van der Waals surface area contributed by atoms with Crippen molar-refractivity contribution in [1.82, 2.24) is 0 Å². The molecular formula is C21H22O4Si. The summed E-state index contributed by atoms with van der Waals surface area (Å²) in [6, 6.07) is 8.97. The summed E-state index contributed by atoms with van der Waals surface area (Å²) in [5.41, 5.74) is 0.592. The fourth-order valence-electron chi connectivity index (χ4n) is 3.39. The van der Waals surface area contributed by atoms with Crippen molar-refractivity contribution in [3.63, 3.8) is 0 Å². The van der Waals surface area contributed by atoms with E-state index >= 15 is 0 Å². The van der Waals surface area contributed by atoms with Gasteiger partial charge in [-0.2, -0.15) is 0 Å². The highest BCUT2D eigenvalue weighted by Crippen LogP contribution is 2.30. The number of ketones is 3. The van der Waals surface area contributed by atoms with Gasteiger partial charge in [0.2, 0.25) is 11.6 Å². The van der Waals surface area contributed by atoms with E-state index in [0.717, 1.165) is 5.39 Å². The molecule has 4 nitrogen and oxygen atoms in total. The maximum atomic E-state index is 13.0. The highest BCUT2D eigenvalue weighted by Gasteiger charge is 2.35. The van der Waals surface area contributed by atoms with Crippen molar-refractivity contribution in [2.24, 2.45) is 0 Å². The first-order valence-corrected chi connectivity index (χ1v) is 12.0. The summed E-state index contributed by atoms with van der Waals surface area (Å²) >= 11 is 0. The molecule has 0 heterocycles. The van der Waals surface area contributed by atoms with Crippen molar-refractivity contribution < 1.29 is 18.8 Å². The van der Waals surface area contributed by atoms with Gasteiger partial charge in [-0.3, -0.25) is 14.4 Å². The van der Waals surface area contributed by atoms with Crippen molar-refractivity contribution in [2.75, 3.05) is 0 Å². The van der Waals surface area contributed by atoms with Crippen molar-refractivity contribution in [3.8, 4) is 0 Å². The Hall–Kier alpha value is -2.37. The predicted molar refractivity (Wildman–Crippen MR) is 105 cm³/mol. The lowest BCUT2D eigenvalue weighted by Crippen LogP contribution is -2.44. The van der Waals surface area contributed by atoms with Crippen LogP contribution in [0.15, 0.2) is 36.4 Å². The van der Waals surface area contributed by atoms with Crippen LogP contribution in [0.5, 0.6) is 0 Å². The van der Waals surface area contributed by atoms with Crippen molar-refractivity contribution >= 4 is 42.5 Å². The number of Topliss-reactive ketones (excluding diaryl/α,β-unsaturated/α-hetero) is 2. The molecule has 26 heavy (non-hydrogen) atoms. The second kappa shape index (κ2) is 6.11. The zero-order valence-corrected chi connectivity index (χ0v) is 16.7. The van der Waals surface area contributed by atoms with Gasteiger partial charge < -0.3 is 4.43 Å². The van der Waals surface area contributed by atoms with E-state index in [2.05, 4.69) is 0 Å². The molecular weight excluding hydrogens is 344 g/mol. The van der Waals surface area contributed by atoms with E-state index in [1.807, 2.05) is 37.8 Å². The highest BCUT2D eigenvalue weighted by molar-refractivity contribution is 6.70. The zero-order valence-electron chi connectivity index (χ0n) is 15.7. The van der Waals surface area contributed by atoms with Crippen molar-refractivity contribution in [3.05, 3.63) is 53.1 Å². The standard InChI is InChI=1S/C21H22O4Si/c1-21(2,25-26(3,4)5)20(24)15-9-7-13-6-8-14-10-11-17(22)19(23)18(14)16(13)12-15/h6-12H,1-5H3. The molecule has 5 heteroatoms. The fourth-order valence-corrected chi connectivity index (χ4v) is 5.02. The van der Waals surface area contributed by atoms with Crippen LogP contribution in [0.1, 0.15) is 40.1 Å². The number of hydrogen-bond donors (Lipinski definition) is 0. The second-order valence-electron chi connectivity index (χ2n) is 8.05. The van der Waals surface area contributed by atoms with Crippen molar-refractivity contribution in [2.45, 2.75) is 39.1 Å². The van der Waals surface area contributed by atoms with Gasteiger partial charge in [0.05, 0.1) is 0 Å². The Kier molecular flexibility index (Phi) is 4.33. The average molecular weight is 366 g/mol. The maximum absolute atomic E-state index is 13.0. The van der Waals surface area contributed by atoms with Gasteiger partial charge in [-0.15, -0.1) is 0 Å². The number of carbonyl (C=O) groups excluding carboxylic acids is 3. The summed E-state index contributed by atoms with van der Waals surface area (Å²) in [7, 11) is -1.91. The Bertz CT molecular complexity index is 977. The van der Waals surface area contributed by atoms with Crippen LogP contribution in [0.3, 0.4) is 0 Å². The fraction of sp³-hybridized carbons (Fsp3) is 0.286. The molecule has 134 valence electrons. The number of rotatable bonds is 4. The van der Waals surface area contributed by atoms with Crippen LogP contribution in [0, 0.1) is 0 Å². The molecule has 0 saturated carbocycles. The maximum Gasteiger partial charge on any atom is 0.234 e. The summed E-state index contributed by atoms with van der Waals surface area (Å²) in [6.07, 6.45) is 2.93. The van der Waals surface area contributed by atoms with Crippen LogP contribution in [0.2, 0.25) is 19.6 Å². The lowest BCUT2D eigenvalue weighted by atomic mass is 9.88. The van der Waals surface area contributed by atoms with E-state index < -0.39 is 25.5 Å². The first kappa shape index (κ1) is 18.4. The van der Waals surface area contributed by atoms with Gasteiger partial charge in [0.15, 0.2) is 14.1 Å². The third-order valence-electron chi connectivity index (χ3n) is 4.29. The summed E-state index contributed by atoms with van der Waals surface area (Å²) in [5.74, 6) is -1.20. The largest absolute Gasteiger partial charge is 0.405 e. The van der Waals surface area contributed by atoms with Crippen molar-refractivity contribution in [1.29, 1.82) is 0 Å². The quantitative estimate of drug-likeness (QED) is 0.456. The molecule has 0 amide bonds. The number of fused-ring (bicyclic) bond motifs is 3. The molecule has 0 aliphatic heterocycles. The third-order valence-corrected chi connectivity index (χ3v) is 5.41. The number of hydrogen-bond acceptors (Lipinski definition) is 4. The molecule has 0 aromatic heterocycles. The Morgan fingerprint density at radius 1 is 1.00 bits per heavy atom. The highest BCUT2D eigenvalue weighted by atomic mass is 28.4. The molecule has 1 aliphatic carbocycles. The van der Waals surface area contributed by atoms with Gasteiger partial charge in [-0.25, -0.2) is 0 Å². The van der Waals surface area contributed by atoms with Crippen LogP contribution in [-0.4, -0.2) is 31.3 Å². The number of benzene rings is 2. The molecule has 0 fully saturated rings. The molecule has 0 radical (unpaired) electrons. The van der Waals surface area contributed by atoms with E-state index in [0.29, 0.717) is 22.1 Å². The molecule has 0 bridgehead atoms. The Balaban J connectivity index is 2.13. The SMILES string of the molecule is CC(C)(O[Si](C)(C)C)C(=O)c1ccc2ccc3c(c2c1)C(=O)C(=O)C=C3. The number of allylic oxidation sites excluding steroid dienone is 1. The summed E-state index contributed by atoms with van der Waals surface area (Å²) < 4.78 is 6.06. The molecule has 0 N–H and O–H groups in total. The molecule has 1 aliphatic rings. The Morgan fingerprint density at radius 3 is 2.31 bits per heavy atom. The minimum Gasteiger partial charge on any atom is -0.405 e. The van der Waals surface area contributed by atoms with E-state index in [4.69, 9.17) is 4.43 Å². The van der Waals surface area contributed by atoms with Crippen LogP contribution in [0.4, 0.5) is 0 Å². The molecule has 2 aromatic carbocycles. The van der Waals surface area contributed by atoms with Gasteiger partial charge in [-0.05, 0) is 62.0 Å². The van der Waals surface area contributed by atoms with E-state index in [-0.39, 0.29) is 5.78 Å². The molecule has 2 aromatic rings. The van der Waals surface area contributed by atoms with Gasteiger partial charge in [-0.1, -0.05) is 30.3 Å². The van der Waals surface area contributed by atoms with Crippen LogP contribution < -0.4 is 0 Å². The second-order valence-corrected chi connectivity index (χ2v) is 12.5.